The Labute approximate surface area is 126 Å². The summed E-state index contributed by atoms with van der Waals surface area (Å²) >= 11 is 0. The van der Waals surface area contributed by atoms with E-state index in [0.29, 0.717) is 17.0 Å². The quantitative estimate of drug-likeness (QED) is 0.907. The molecule has 0 spiro atoms. The molecular formula is C15H14N4O3. The van der Waals surface area contributed by atoms with E-state index in [1.807, 2.05) is 0 Å². The highest BCUT2D eigenvalue weighted by molar-refractivity contribution is 6.05. The number of nitrogens with zero attached hydrogens (tertiary/aromatic N) is 3. The van der Waals surface area contributed by atoms with Gasteiger partial charge in [-0.1, -0.05) is 0 Å². The molecule has 1 aliphatic rings. The third-order valence-electron chi connectivity index (χ3n) is 3.36. The van der Waals surface area contributed by atoms with Crippen LogP contribution < -0.4 is 15.0 Å². The van der Waals surface area contributed by atoms with Crippen LogP contribution in [0, 0.1) is 0 Å². The molecule has 2 amide bonds. The van der Waals surface area contributed by atoms with Gasteiger partial charge in [0.1, 0.15) is 5.75 Å². The molecule has 7 heteroatoms. The van der Waals surface area contributed by atoms with Crippen LogP contribution in [0.4, 0.5) is 11.6 Å². The van der Waals surface area contributed by atoms with E-state index in [9.17, 15) is 9.59 Å². The first-order valence-corrected chi connectivity index (χ1v) is 6.73. The highest BCUT2D eigenvalue weighted by Gasteiger charge is 2.29. The summed E-state index contributed by atoms with van der Waals surface area (Å²) in [6.07, 6.45) is 2.51. The minimum atomic E-state index is -0.576. The molecule has 3 rings (SSSR count). The van der Waals surface area contributed by atoms with Gasteiger partial charge in [-0.25, -0.2) is 9.97 Å². The molecule has 0 saturated heterocycles. The zero-order valence-corrected chi connectivity index (χ0v) is 12.1. The van der Waals surface area contributed by atoms with E-state index in [4.69, 9.17) is 4.74 Å². The second-order valence-electron chi connectivity index (χ2n) is 4.87. The summed E-state index contributed by atoms with van der Waals surface area (Å²) in [6.45, 7) is 1.67. The Kier molecular flexibility index (Phi) is 3.46. The molecule has 0 radical (unpaired) electrons. The Hall–Kier alpha value is -2.96. The molecule has 1 atom stereocenters. The lowest BCUT2D eigenvalue weighted by Gasteiger charge is -2.30. The molecular weight excluding hydrogens is 284 g/mol. The summed E-state index contributed by atoms with van der Waals surface area (Å²) < 4.78 is 5.55. The second-order valence-corrected chi connectivity index (χ2v) is 4.87. The fourth-order valence-electron chi connectivity index (χ4n) is 2.20. The van der Waals surface area contributed by atoms with Crippen molar-refractivity contribution in [2.24, 2.45) is 0 Å². The van der Waals surface area contributed by atoms with Crippen molar-refractivity contribution in [3.05, 3.63) is 42.2 Å². The van der Waals surface area contributed by atoms with Gasteiger partial charge in [-0.05, 0) is 31.2 Å². The van der Waals surface area contributed by atoms with Crippen molar-refractivity contribution in [1.82, 2.24) is 9.97 Å². The van der Waals surface area contributed by atoms with Crippen LogP contribution >= 0.6 is 0 Å². The number of fused-ring (bicyclic) bond motifs is 1. The summed E-state index contributed by atoms with van der Waals surface area (Å²) in [6, 6.07) is 6.57. The predicted octanol–water partition coefficient (Wildman–Crippen LogP) is 1.47. The van der Waals surface area contributed by atoms with Crippen molar-refractivity contribution < 1.29 is 14.3 Å². The van der Waals surface area contributed by atoms with E-state index in [2.05, 4.69) is 15.3 Å². The van der Waals surface area contributed by atoms with Crippen molar-refractivity contribution in [2.45, 2.75) is 13.0 Å². The third kappa shape index (κ3) is 2.48. The van der Waals surface area contributed by atoms with Gasteiger partial charge in [0.15, 0.2) is 6.10 Å². The number of hydrogen-bond acceptors (Lipinski definition) is 5. The van der Waals surface area contributed by atoms with Crippen LogP contribution in [0.15, 0.2) is 36.7 Å². The van der Waals surface area contributed by atoms with Crippen LogP contribution in [0.2, 0.25) is 0 Å². The zero-order chi connectivity index (χ0) is 15.7. The maximum atomic E-state index is 12.2. The minimum absolute atomic E-state index is 0.123. The molecule has 0 saturated carbocycles. The Morgan fingerprint density at radius 3 is 2.77 bits per heavy atom. The number of aromatic nitrogens is 2. The van der Waals surface area contributed by atoms with Crippen molar-refractivity contribution in [1.29, 1.82) is 0 Å². The number of ether oxygens (including phenoxy) is 1. The monoisotopic (exact) mass is 298 g/mol. The molecule has 1 aliphatic heterocycles. The van der Waals surface area contributed by atoms with Gasteiger partial charge < -0.3 is 9.64 Å². The minimum Gasteiger partial charge on any atom is -0.479 e. The molecule has 2 aromatic rings. The first-order chi connectivity index (χ1) is 10.6. The van der Waals surface area contributed by atoms with E-state index < -0.39 is 6.10 Å². The average Bonchev–Trinajstić information content (AvgIpc) is 2.53. The summed E-state index contributed by atoms with van der Waals surface area (Å²) in [5.74, 6) is 0.259. The Morgan fingerprint density at radius 1 is 1.32 bits per heavy atom. The topological polar surface area (TPSA) is 84.4 Å². The van der Waals surface area contributed by atoms with Crippen LogP contribution in [-0.2, 0) is 4.79 Å². The number of carbonyl (C=O) groups is 2. The van der Waals surface area contributed by atoms with E-state index >= 15 is 0 Å². The maximum absolute atomic E-state index is 12.2. The Balaban J connectivity index is 1.86. The Bertz CT molecular complexity index is 733. The van der Waals surface area contributed by atoms with Crippen molar-refractivity contribution in [3.63, 3.8) is 0 Å². The molecule has 0 aliphatic carbocycles. The van der Waals surface area contributed by atoms with Gasteiger partial charge in [0, 0.05) is 25.0 Å². The lowest BCUT2D eigenvalue weighted by Crippen LogP contribution is -2.42. The maximum Gasteiger partial charge on any atom is 0.267 e. The van der Waals surface area contributed by atoms with Crippen molar-refractivity contribution >= 4 is 23.5 Å². The smallest absolute Gasteiger partial charge is 0.267 e. The van der Waals surface area contributed by atoms with Gasteiger partial charge in [-0.15, -0.1) is 0 Å². The molecule has 7 nitrogen and oxygen atoms in total. The van der Waals surface area contributed by atoms with Crippen LogP contribution in [0.25, 0.3) is 0 Å². The van der Waals surface area contributed by atoms with E-state index in [-0.39, 0.29) is 17.8 Å². The molecule has 1 N–H and O–H groups in total. The number of rotatable bonds is 2. The summed E-state index contributed by atoms with van der Waals surface area (Å²) in [5, 5.41) is 2.60. The number of hydrogen-bond donors (Lipinski definition) is 1. The number of amides is 2. The molecule has 1 aromatic heterocycles. The molecule has 0 fully saturated rings. The van der Waals surface area contributed by atoms with E-state index in [1.165, 1.54) is 4.90 Å². The first-order valence-electron chi connectivity index (χ1n) is 6.73. The van der Waals surface area contributed by atoms with Gasteiger partial charge in [-0.2, -0.15) is 0 Å². The summed E-state index contributed by atoms with van der Waals surface area (Å²) in [7, 11) is 1.68. The largest absolute Gasteiger partial charge is 0.479 e. The normalized spacial score (nSPS) is 16.7. The van der Waals surface area contributed by atoms with Crippen LogP contribution in [-0.4, -0.2) is 34.9 Å². The van der Waals surface area contributed by atoms with Gasteiger partial charge in [-0.3, -0.25) is 14.9 Å². The highest BCUT2D eigenvalue weighted by atomic mass is 16.5. The molecule has 1 aromatic carbocycles. The van der Waals surface area contributed by atoms with Crippen LogP contribution in [0.5, 0.6) is 5.75 Å². The second kappa shape index (κ2) is 5.44. The van der Waals surface area contributed by atoms with Gasteiger partial charge in [0.25, 0.3) is 11.8 Å². The van der Waals surface area contributed by atoms with E-state index in [1.54, 1.807) is 50.6 Å². The van der Waals surface area contributed by atoms with Crippen molar-refractivity contribution in [2.75, 3.05) is 17.3 Å². The van der Waals surface area contributed by atoms with Crippen molar-refractivity contribution in [3.8, 4) is 5.75 Å². The van der Waals surface area contributed by atoms with Gasteiger partial charge in [0.2, 0.25) is 5.95 Å². The predicted molar refractivity (Wildman–Crippen MR) is 79.9 cm³/mol. The first kappa shape index (κ1) is 14.0. The fraction of sp³-hybridized carbons (Fsp3) is 0.200. The van der Waals surface area contributed by atoms with Crippen LogP contribution in [0.1, 0.15) is 17.3 Å². The summed E-state index contributed by atoms with van der Waals surface area (Å²) in [4.78, 5) is 33.4. The number of carbonyl (C=O) groups excluding carboxylic acids is 2. The molecule has 2 heterocycles. The SMILES string of the molecule is CC1Oc2cc(C(=O)Nc3ncccn3)ccc2N(C)C1=O. The lowest BCUT2D eigenvalue weighted by atomic mass is 10.1. The van der Waals surface area contributed by atoms with Gasteiger partial charge >= 0.3 is 0 Å². The lowest BCUT2D eigenvalue weighted by molar-refractivity contribution is -0.125. The zero-order valence-electron chi connectivity index (χ0n) is 12.1. The number of anilines is 2. The molecule has 1 unspecified atom stereocenters. The average molecular weight is 298 g/mol. The molecule has 0 bridgehead atoms. The Morgan fingerprint density at radius 2 is 2.05 bits per heavy atom. The van der Waals surface area contributed by atoms with Gasteiger partial charge in [0.05, 0.1) is 5.69 Å². The standard InChI is InChI=1S/C15H14N4O3/c1-9-14(21)19(2)11-5-4-10(8-12(11)22-9)13(20)18-15-16-6-3-7-17-15/h3-9H,1-2H3,(H,16,17,18,20). The van der Waals surface area contributed by atoms with Crippen LogP contribution in [0.3, 0.4) is 0 Å². The molecule has 22 heavy (non-hydrogen) atoms. The summed E-state index contributed by atoms with van der Waals surface area (Å²) in [5.41, 5.74) is 1.04. The number of nitrogens with one attached hydrogen (secondary N) is 1. The third-order valence-corrected chi connectivity index (χ3v) is 3.36. The number of likely N-dealkylation sites (N-methyl/N-ethyl adjacent to an activating group) is 1. The van der Waals surface area contributed by atoms with E-state index in [0.717, 1.165) is 0 Å². The number of benzene rings is 1. The fourth-order valence-corrected chi connectivity index (χ4v) is 2.20. The molecule has 112 valence electrons. The highest BCUT2D eigenvalue weighted by Crippen LogP contribution is 2.34.